The molecule has 0 amide bonds. The molecule has 1 aliphatic heterocycles. The van der Waals surface area contributed by atoms with Gasteiger partial charge in [-0.3, -0.25) is 0 Å². The summed E-state index contributed by atoms with van der Waals surface area (Å²) in [4.78, 5) is 0. The van der Waals surface area contributed by atoms with Crippen molar-refractivity contribution >= 4 is 11.6 Å². The second-order valence-corrected chi connectivity index (χ2v) is 4.53. The SMILES string of the molecule is FC(F)c1ccc(Cl)cc1C1CCNCC1. The summed E-state index contributed by atoms with van der Waals surface area (Å²) in [5.74, 6) is 0.212. The molecule has 0 unspecified atom stereocenters. The van der Waals surface area contributed by atoms with Gasteiger partial charge in [0.15, 0.2) is 0 Å². The van der Waals surface area contributed by atoms with Crippen molar-refractivity contribution in [3.63, 3.8) is 0 Å². The molecule has 1 saturated heterocycles. The molecule has 88 valence electrons. The van der Waals surface area contributed by atoms with Crippen LogP contribution in [0.25, 0.3) is 0 Å². The molecule has 2 rings (SSSR count). The van der Waals surface area contributed by atoms with Crippen LogP contribution in [0.4, 0.5) is 8.78 Å². The quantitative estimate of drug-likeness (QED) is 0.837. The first-order chi connectivity index (χ1) is 7.68. The molecule has 1 N–H and O–H groups in total. The van der Waals surface area contributed by atoms with E-state index < -0.39 is 6.43 Å². The highest BCUT2D eigenvalue weighted by molar-refractivity contribution is 6.30. The molecular weight excluding hydrogens is 232 g/mol. The van der Waals surface area contributed by atoms with Gasteiger partial charge >= 0.3 is 0 Å². The predicted octanol–water partition coefficient (Wildman–Crippen LogP) is 3.74. The Morgan fingerprint density at radius 2 is 1.94 bits per heavy atom. The molecule has 0 aliphatic carbocycles. The van der Waals surface area contributed by atoms with Gasteiger partial charge in [-0.2, -0.15) is 0 Å². The van der Waals surface area contributed by atoms with Crippen molar-refractivity contribution in [3.05, 3.63) is 34.3 Å². The van der Waals surface area contributed by atoms with Gasteiger partial charge in [-0.05, 0) is 49.5 Å². The Bertz CT molecular complexity index is 362. The summed E-state index contributed by atoms with van der Waals surface area (Å²) in [6, 6.07) is 4.68. The molecule has 0 radical (unpaired) electrons. The molecule has 1 aromatic rings. The lowest BCUT2D eigenvalue weighted by molar-refractivity contribution is 0.149. The molecule has 0 bridgehead atoms. The Labute approximate surface area is 98.8 Å². The van der Waals surface area contributed by atoms with Gasteiger partial charge in [-0.1, -0.05) is 17.7 Å². The number of benzene rings is 1. The van der Waals surface area contributed by atoms with E-state index in [9.17, 15) is 8.78 Å². The molecule has 1 heterocycles. The van der Waals surface area contributed by atoms with Crippen LogP contribution in [0.3, 0.4) is 0 Å². The molecule has 1 aromatic carbocycles. The van der Waals surface area contributed by atoms with Gasteiger partial charge in [0.25, 0.3) is 6.43 Å². The Kier molecular flexibility index (Phi) is 3.77. The monoisotopic (exact) mass is 245 g/mol. The third-order valence-corrected chi connectivity index (χ3v) is 3.30. The molecule has 0 atom stereocenters. The Balaban J connectivity index is 2.32. The molecular formula is C12H14ClF2N. The molecule has 1 fully saturated rings. The third-order valence-electron chi connectivity index (χ3n) is 3.06. The number of nitrogens with one attached hydrogen (secondary N) is 1. The largest absolute Gasteiger partial charge is 0.317 e. The standard InChI is InChI=1S/C12H14ClF2N/c13-9-1-2-10(12(14)15)11(7-9)8-3-5-16-6-4-8/h1-2,7-8,12,16H,3-6H2. The van der Waals surface area contributed by atoms with Gasteiger partial charge < -0.3 is 5.32 Å². The summed E-state index contributed by atoms with van der Waals surface area (Å²) >= 11 is 5.88. The summed E-state index contributed by atoms with van der Waals surface area (Å²) in [6.45, 7) is 1.78. The molecule has 0 saturated carbocycles. The van der Waals surface area contributed by atoms with Crippen molar-refractivity contribution in [2.24, 2.45) is 0 Å². The fourth-order valence-corrected chi connectivity index (χ4v) is 2.41. The smallest absolute Gasteiger partial charge is 0.264 e. The van der Waals surface area contributed by atoms with Crippen LogP contribution >= 0.6 is 11.6 Å². The van der Waals surface area contributed by atoms with E-state index in [1.165, 1.54) is 12.1 Å². The van der Waals surface area contributed by atoms with Gasteiger partial charge in [-0.25, -0.2) is 8.78 Å². The molecule has 16 heavy (non-hydrogen) atoms. The topological polar surface area (TPSA) is 12.0 Å². The lowest BCUT2D eigenvalue weighted by Crippen LogP contribution is -2.27. The van der Waals surface area contributed by atoms with Gasteiger partial charge in [0.1, 0.15) is 0 Å². The first-order valence-corrected chi connectivity index (χ1v) is 5.84. The molecule has 0 aromatic heterocycles. The number of halogens is 3. The van der Waals surface area contributed by atoms with Crippen molar-refractivity contribution in [1.29, 1.82) is 0 Å². The zero-order valence-electron chi connectivity index (χ0n) is 8.85. The molecule has 1 nitrogen and oxygen atoms in total. The van der Waals surface area contributed by atoms with E-state index in [4.69, 9.17) is 11.6 Å². The van der Waals surface area contributed by atoms with E-state index in [0.29, 0.717) is 5.02 Å². The van der Waals surface area contributed by atoms with Crippen LogP contribution in [-0.4, -0.2) is 13.1 Å². The van der Waals surface area contributed by atoms with Crippen molar-refractivity contribution in [2.45, 2.75) is 25.2 Å². The fraction of sp³-hybridized carbons (Fsp3) is 0.500. The highest BCUT2D eigenvalue weighted by Crippen LogP contribution is 2.34. The normalized spacial score (nSPS) is 18.0. The maximum absolute atomic E-state index is 12.9. The van der Waals surface area contributed by atoms with E-state index in [-0.39, 0.29) is 11.5 Å². The highest BCUT2D eigenvalue weighted by atomic mass is 35.5. The molecule has 4 heteroatoms. The average Bonchev–Trinajstić information content (AvgIpc) is 2.29. The third kappa shape index (κ3) is 2.53. The number of hydrogen-bond acceptors (Lipinski definition) is 1. The maximum atomic E-state index is 12.9. The second-order valence-electron chi connectivity index (χ2n) is 4.10. The lowest BCUT2D eigenvalue weighted by Gasteiger charge is -2.25. The Morgan fingerprint density at radius 1 is 1.25 bits per heavy atom. The van der Waals surface area contributed by atoms with E-state index in [1.807, 2.05) is 0 Å². The van der Waals surface area contributed by atoms with Crippen molar-refractivity contribution in [3.8, 4) is 0 Å². The number of rotatable bonds is 2. The van der Waals surface area contributed by atoms with Crippen LogP contribution in [0.2, 0.25) is 5.02 Å². The summed E-state index contributed by atoms with van der Waals surface area (Å²) in [7, 11) is 0. The average molecular weight is 246 g/mol. The zero-order chi connectivity index (χ0) is 11.5. The summed E-state index contributed by atoms with van der Waals surface area (Å²) in [5.41, 5.74) is 0.861. The second kappa shape index (κ2) is 5.11. The van der Waals surface area contributed by atoms with Crippen molar-refractivity contribution < 1.29 is 8.78 Å². The number of hydrogen-bond donors (Lipinski definition) is 1. The van der Waals surface area contributed by atoms with E-state index in [0.717, 1.165) is 31.5 Å². The van der Waals surface area contributed by atoms with Crippen LogP contribution in [-0.2, 0) is 0 Å². The van der Waals surface area contributed by atoms with E-state index in [1.54, 1.807) is 6.07 Å². The van der Waals surface area contributed by atoms with Crippen LogP contribution < -0.4 is 5.32 Å². The van der Waals surface area contributed by atoms with Crippen LogP contribution in [0, 0.1) is 0 Å². The van der Waals surface area contributed by atoms with Crippen LogP contribution in [0.1, 0.15) is 36.3 Å². The van der Waals surface area contributed by atoms with Gasteiger partial charge in [0.2, 0.25) is 0 Å². The molecule has 0 spiro atoms. The minimum Gasteiger partial charge on any atom is -0.317 e. The van der Waals surface area contributed by atoms with Crippen molar-refractivity contribution in [2.75, 3.05) is 13.1 Å². The fourth-order valence-electron chi connectivity index (χ4n) is 2.23. The Hall–Kier alpha value is -0.670. The van der Waals surface area contributed by atoms with Crippen LogP contribution in [0.15, 0.2) is 18.2 Å². The number of piperidine rings is 1. The first kappa shape index (κ1) is 11.8. The van der Waals surface area contributed by atoms with Crippen LogP contribution in [0.5, 0.6) is 0 Å². The summed E-state index contributed by atoms with van der Waals surface area (Å²) < 4.78 is 25.7. The van der Waals surface area contributed by atoms with E-state index in [2.05, 4.69) is 5.32 Å². The van der Waals surface area contributed by atoms with Gasteiger partial charge in [0.05, 0.1) is 0 Å². The minimum absolute atomic E-state index is 0.135. The van der Waals surface area contributed by atoms with Gasteiger partial charge in [0, 0.05) is 10.6 Å². The van der Waals surface area contributed by atoms with Gasteiger partial charge in [-0.15, -0.1) is 0 Å². The zero-order valence-corrected chi connectivity index (χ0v) is 9.61. The minimum atomic E-state index is -2.41. The lowest BCUT2D eigenvalue weighted by atomic mass is 9.87. The highest BCUT2D eigenvalue weighted by Gasteiger charge is 2.22. The predicted molar refractivity (Wildman–Crippen MR) is 61.3 cm³/mol. The maximum Gasteiger partial charge on any atom is 0.264 e. The Morgan fingerprint density at radius 3 is 2.56 bits per heavy atom. The number of alkyl halides is 2. The van der Waals surface area contributed by atoms with Crippen molar-refractivity contribution in [1.82, 2.24) is 5.32 Å². The van der Waals surface area contributed by atoms with E-state index >= 15 is 0 Å². The summed E-state index contributed by atoms with van der Waals surface area (Å²) in [5, 5.41) is 3.77. The summed E-state index contributed by atoms with van der Waals surface area (Å²) in [6.07, 6.45) is -0.609. The molecule has 1 aliphatic rings. The first-order valence-electron chi connectivity index (χ1n) is 5.46.